The Kier molecular flexibility index (Phi) is 3.74. The van der Waals surface area contributed by atoms with Crippen molar-refractivity contribution in [3.63, 3.8) is 0 Å². The number of carboxylic acid groups (broad SMARTS) is 1. The number of piperazine rings is 1. The Labute approximate surface area is 95.2 Å². The second-order valence-corrected chi connectivity index (χ2v) is 4.65. The second-order valence-electron chi connectivity index (χ2n) is 4.65. The predicted molar refractivity (Wildman–Crippen MR) is 59.3 cm³/mol. The number of aliphatic carboxylic acids is 1. The zero-order valence-electron chi connectivity index (χ0n) is 9.99. The summed E-state index contributed by atoms with van der Waals surface area (Å²) in [4.78, 5) is 26.4. The van der Waals surface area contributed by atoms with E-state index >= 15 is 0 Å². The predicted octanol–water partition coefficient (Wildman–Crippen LogP) is -0.193. The van der Waals surface area contributed by atoms with Crippen LogP contribution in [0.4, 0.5) is 4.79 Å². The molecule has 92 valence electrons. The SMILES string of the molecule is CN1CCN(C(=O)NC(C)(C)C(=O)O)CC1. The van der Waals surface area contributed by atoms with E-state index in [0.717, 1.165) is 13.1 Å². The number of carboxylic acids is 1. The fourth-order valence-electron chi connectivity index (χ4n) is 1.41. The number of carbonyl (C=O) groups is 2. The van der Waals surface area contributed by atoms with Crippen molar-refractivity contribution in [3.8, 4) is 0 Å². The topological polar surface area (TPSA) is 72.9 Å². The highest BCUT2D eigenvalue weighted by atomic mass is 16.4. The molecule has 0 atom stereocenters. The van der Waals surface area contributed by atoms with Gasteiger partial charge in [0.2, 0.25) is 0 Å². The molecule has 0 aromatic rings. The molecule has 2 N–H and O–H groups in total. The fraction of sp³-hybridized carbons (Fsp3) is 0.800. The average molecular weight is 229 g/mol. The Morgan fingerprint density at radius 3 is 2.12 bits per heavy atom. The minimum Gasteiger partial charge on any atom is -0.480 e. The van der Waals surface area contributed by atoms with Crippen molar-refractivity contribution in [1.29, 1.82) is 0 Å². The van der Waals surface area contributed by atoms with E-state index in [0.29, 0.717) is 13.1 Å². The Bertz CT molecular complexity index is 283. The molecule has 0 saturated carbocycles. The van der Waals surface area contributed by atoms with Crippen LogP contribution in [-0.2, 0) is 4.79 Å². The molecule has 6 nitrogen and oxygen atoms in total. The van der Waals surface area contributed by atoms with Crippen molar-refractivity contribution in [2.45, 2.75) is 19.4 Å². The van der Waals surface area contributed by atoms with Crippen LogP contribution in [0.2, 0.25) is 0 Å². The summed E-state index contributed by atoms with van der Waals surface area (Å²) in [5.41, 5.74) is -1.22. The van der Waals surface area contributed by atoms with Gasteiger partial charge in [-0.2, -0.15) is 0 Å². The van der Waals surface area contributed by atoms with Crippen LogP contribution in [0, 0.1) is 0 Å². The summed E-state index contributed by atoms with van der Waals surface area (Å²) in [5, 5.41) is 11.4. The van der Waals surface area contributed by atoms with Crippen LogP contribution < -0.4 is 5.32 Å². The van der Waals surface area contributed by atoms with E-state index < -0.39 is 11.5 Å². The Morgan fingerprint density at radius 2 is 1.69 bits per heavy atom. The lowest BCUT2D eigenvalue weighted by atomic mass is 10.1. The molecule has 16 heavy (non-hydrogen) atoms. The van der Waals surface area contributed by atoms with E-state index in [4.69, 9.17) is 5.11 Å². The van der Waals surface area contributed by atoms with Gasteiger partial charge in [0, 0.05) is 26.2 Å². The zero-order valence-corrected chi connectivity index (χ0v) is 9.99. The van der Waals surface area contributed by atoms with Gasteiger partial charge < -0.3 is 20.2 Å². The molecule has 1 saturated heterocycles. The number of hydrogen-bond donors (Lipinski definition) is 2. The van der Waals surface area contributed by atoms with Gasteiger partial charge in [-0.25, -0.2) is 9.59 Å². The molecule has 0 spiro atoms. The molecule has 1 aliphatic heterocycles. The summed E-state index contributed by atoms with van der Waals surface area (Å²) >= 11 is 0. The van der Waals surface area contributed by atoms with Crippen LogP contribution in [0.15, 0.2) is 0 Å². The number of carbonyl (C=O) groups excluding carboxylic acids is 1. The molecule has 1 aliphatic rings. The third kappa shape index (κ3) is 3.10. The summed E-state index contributed by atoms with van der Waals surface area (Å²) < 4.78 is 0. The van der Waals surface area contributed by atoms with Gasteiger partial charge in [0.1, 0.15) is 5.54 Å². The maximum atomic E-state index is 11.8. The highest BCUT2D eigenvalue weighted by molar-refractivity contribution is 5.85. The van der Waals surface area contributed by atoms with Gasteiger partial charge in [0.15, 0.2) is 0 Å². The molecule has 2 amide bonds. The van der Waals surface area contributed by atoms with Crippen LogP contribution in [0.5, 0.6) is 0 Å². The number of urea groups is 1. The largest absolute Gasteiger partial charge is 0.480 e. The van der Waals surface area contributed by atoms with Gasteiger partial charge >= 0.3 is 12.0 Å². The Hall–Kier alpha value is -1.30. The Morgan fingerprint density at radius 1 is 1.19 bits per heavy atom. The van der Waals surface area contributed by atoms with E-state index in [1.807, 2.05) is 7.05 Å². The third-order valence-electron chi connectivity index (χ3n) is 2.74. The fourth-order valence-corrected chi connectivity index (χ4v) is 1.41. The van der Waals surface area contributed by atoms with Gasteiger partial charge in [-0.05, 0) is 20.9 Å². The molecule has 1 heterocycles. The molecular weight excluding hydrogens is 210 g/mol. The summed E-state index contributed by atoms with van der Waals surface area (Å²) in [5.74, 6) is -1.03. The second kappa shape index (κ2) is 4.69. The summed E-state index contributed by atoms with van der Waals surface area (Å²) in [6.07, 6.45) is 0. The zero-order chi connectivity index (χ0) is 12.3. The highest BCUT2D eigenvalue weighted by Gasteiger charge is 2.31. The normalized spacial score (nSPS) is 18.3. The number of amides is 2. The first-order valence-electron chi connectivity index (χ1n) is 5.32. The number of hydrogen-bond acceptors (Lipinski definition) is 3. The van der Waals surface area contributed by atoms with Crippen LogP contribution in [0.3, 0.4) is 0 Å². The van der Waals surface area contributed by atoms with Gasteiger partial charge in [-0.15, -0.1) is 0 Å². The lowest BCUT2D eigenvalue weighted by Crippen LogP contribution is -2.57. The lowest BCUT2D eigenvalue weighted by molar-refractivity contribution is -0.143. The number of nitrogens with zero attached hydrogens (tertiary/aromatic N) is 2. The highest BCUT2D eigenvalue weighted by Crippen LogP contribution is 2.05. The standard InChI is InChI=1S/C10H19N3O3/c1-10(2,8(14)15)11-9(16)13-6-4-12(3)5-7-13/h4-7H2,1-3H3,(H,11,16)(H,14,15). The first-order valence-corrected chi connectivity index (χ1v) is 5.32. The van der Waals surface area contributed by atoms with Crippen molar-refractivity contribution in [2.75, 3.05) is 33.2 Å². The molecule has 0 aromatic carbocycles. The maximum absolute atomic E-state index is 11.8. The molecule has 0 unspecified atom stereocenters. The molecule has 1 rings (SSSR count). The first kappa shape index (κ1) is 12.8. The third-order valence-corrected chi connectivity index (χ3v) is 2.74. The summed E-state index contributed by atoms with van der Waals surface area (Å²) in [6, 6.07) is -0.305. The van der Waals surface area contributed by atoms with Crippen LogP contribution in [-0.4, -0.2) is 65.7 Å². The molecule has 0 radical (unpaired) electrons. The molecule has 0 aliphatic carbocycles. The van der Waals surface area contributed by atoms with E-state index in [-0.39, 0.29) is 6.03 Å². The number of likely N-dealkylation sites (N-methyl/N-ethyl adjacent to an activating group) is 1. The minimum atomic E-state index is -1.22. The lowest BCUT2D eigenvalue weighted by Gasteiger charge is -2.34. The van der Waals surface area contributed by atoms with Gasteiger partial charge in [0.25, 0.3) is 0 Å². The van der Waals surface area contributed by atoms with Crippen molar-refractivity contribution in [3.05, 3.63) is 0 Å². The molecule has 0 aromatic heterocycles. The monoisotopic (exact) mass is 229 g/mol. The molecular formula is C10H19N3O3. The van der Waals surface area contributed by atoms with Gasteiger partial charge in [-0.1, -0.05) is 0 Å². The molecule has 6 heteroatoms. The van der Waals surface area contributed by atoms with E-state index in [2.05, 4.69) is 10.2 Å². The average Bonchev–Trinajstić information content (AvgIpc) is 2.17. The van der Waals surface area contributed by atoms with E-state index in [1.54, 1.807) is 4.90 Å². The van der Waals surface area contributed by atoms with Gasteiger partial charge in [0.05, 0.1) is 0 Å². The van der Waals surface area contributed by atoms with Crippen LogP contribution in [0.25, 0.3) is 0 Å². The van der Waals surface area contributed by atoms with E-state index in [1.165, 1.54) is 13.8 Å². The van der Waals surface area contributed by atoms with Crippen LogP contribution >= 0.6 is 0 Å². The maximum Gasteiger partial charge on any atom is 0.328 e. The van der Waals surface area contributed by atoms with Gasteiger partial charge in [-0.3, -0.25) is 0 Å². The smallest absolute Gasteiger partial charge is 0.328 e. The number of nitrogens with one attached hydrogen (secondary N) is 1. The first-order chi connectivity index (χ1) is 7.33. The van der Waals surface area contributed by atoms with Crippen molar-refractivity contribution in [1.82, 2.24) is 15.1 Å². The number of rotatable bonds is 2. The molecule has 0 bridgehead atoms. The van der Waals surface area contributed by atoms with E-state index in [9.17, 15) is 9.59 Å². The van der Waals surface area contributed by atoms with Crippen molar-refractivity contribution < 1.29 is 14.7 Å². The van der Waals surface area contributed by atoms with Crippen LogP contribution in [0.1, 0.15) is 13.8 Å². The molecule has 1 fully saturated rings. The Balaban J connectivity index is 2.50. The summed E-state index contributed by atoms with van der Waals surface area (Å²) in [7, 11) is 2.00. The summed E-state index contributed by atoms with van der Waals surface area (Å²) in [6.45, 7) is 5.87. The minimum absolute atomic E-state index is 0.305. The van der Waals surface area contributed by atoms with Crippen molar-refractivity contribution >= 4 is 12.0 Å². The quantitative estimate of drug-likeness (QED) is 0.688. The van der Waals surface area contributed by atoms with Crippen molar-refractivity contribution in [2.24, 2.45) is 0 Å².